The molecule has 0 spiro atoms. The van der Waals surface area contributed by atoms with Gasteiger partial charge >= 0.3 is 0 Å². The van der Waals surface area contributed by atoms with E-state index in [-0.39, 0.29) is 0 Å². The zero-order valence-corrected chi connectivity index (χ0v) is 14.3. The van der Waals surface area contributed by atoms with Crippen LogP contribution in [-0.2, 0) is 6.54 Å². The van der Waals surface area contributed by atoms with Gasteiger partial charge in [0, 0.05) is 37.1 Å². The fourth-order valence-corrected chi connectivity index (χ4v) is 3.76. The summed E-state index contributed by atoms with van der Waals surface area (Å²) in [5, 5.41) is 4.72. The van der Waals surface area contributed by atoms with Gasteiger partial charge in [0.1, 0.15) is 0 Å². The monoisotopic (exact) mass is 296 g/mol. The number of aromatic nitrogens is 1. The molecule has 0 radical (unpaired) electrons. The van der Waals surface area contributed by atoms with Crippen molar-refractivity contribution in [3.05, 3.63) is 10.6 Å². The third-order valence-electron chi connectivity index (χ3n) is 3.80. The number of nitrogens with one attached hydrogen (secondary N) is 1. The maximum Gasteiger partial charge on any atom is 0.186 e. The highest BCUT2D eigenvalue weighted by molar-refractivity contribution is 7.15. The van der Waals surface area contributed by atoms with E-state index in [0.717, 1.165) is 32.7 Å². The van der Waals surface area contributed by atoms with Crippen LogP contribution in [0.3, 0.4) is 0 Å². The lowest BCUT2D eigenvalue weighted by atomic mass is 10.2. The molecule has 0 saturated carbocycles. The van der Waals surface area contributed by atoms with Gasteiger partial charge in [0.2, 0.25) is 0 Å². The van der Waals surface area contributed by atoms with Crippen LogP contribution in [0.1, 0.15) is 31.3 Å². The first-order valence-electron chi connectivity index (χ1n) is 7.59. The van der Waals surface area contributed by atoms with E-state index in [9.17, 15) is 0 Å². The molecule has 0 bridgehead atoms. The standard InChI is InChI=1S/C15H28N4S/c1-11(2)8-16-9-14-13(4)17-15(20-14)19-7-6-18(5)10-12(19)3/h11-12,16H,6-10H2,1-5H3. The molecule has 114 valence electrons. The lowest BCUT2D eigenvalue weighted by molar-refractivity contribution is 0.275. The van der Waals surface area contributed by atoms with Crippen LogP contribution >= 0.6 is 11.3 Å². The Morgan fingerprint density at radius 1 is 1.40 bits per heavy atom. The van der Waals surface area contributed by atoms with E-state index in [1.807, 2.05) is 11.3 Å². The fraction of sp³-hybridized carbons (Fsp3) is 0.800. The number of aryl methyl sites for hydroxylation is 1. The first kappa shape index (κ1) is 15.7. The zero-order chi connectivity index (χ0) is 14.7. The number of hydrogen-bond donors (Lipinski definition) is 1. The Morgan fingerprint density at radius 2 is 2.15 bits per heavy atom. The van der Waals surface area contributed by atoms with Gasteiger partial charge in [0.25, 0.3) is 0 Å². The lowest BCUT2D eigenvalue weighted by Gasteiger charge is -2.38. The Morgan fingerprint density at radius 3 is 2.80 bits per heavy atom. The summed E-state index contributed by atoms with van der Waals surface area (Å²) in [5.74, 6) is 0.695. The molecule has 0 amide bonds. The normalized spacial score (nSPS) is 20.9. The van der Waals surface area contributed by atoms with E-state index in [4.69, 9.17) is 4.98 Å². The molecule has 1 aliphatic rings. The average Bonchev–Trinajstić information content (AvgIpc) is 2.70. The van der Waals surface area contributed by atoms with Gasteiger partial charge in [-0.1, -0.05) is 13.8 Å². The first-order chi connectivity index (χ1) is 9.47. The number of hydrogen-bond acceptors (Lipinski definition) is 5. The summed E-state index contributed by atoms with van der Waals surface area (Å²) in [5.41, 5.74) is 1.19. The van der Waals surface area contributed by atoms with Crippen molar-refractivity contribution in [1.29, 1.82) is 0 Å². The van der Waals surface area contributed by atoms with Gasteiger partial charge < -0.3 is 15.1 Å². The second-order valence-corrected chi connectivity index (χ2v) is 7.40. The smallest absolute Gasteiger partial charge is 0.186 e. The molecule has 0 aliphatic carbocycles. The molecule has 1 unspecified atom stereocenters. The molecular weight excluding hydrogens is 268 g/mol. The summed E-state index contributed by atoms with van der Waals surface area (Å²) in [7, 11) is 2.20. The van der Waals surface area contributed by atoms with E-state index in [1.54, 1.807) is 0 Å². The number of nitrogens with zero attached hydrogens (tertiary/aromatic N) is 3. The molecule has 2 heterocycles. The van der Waals surface area contributed by atoms with Crippen molar-refractivity contribution in [2.45, 2.75) is 40.3 Å². The Bertz CT molecular complexity index is 430. The molecular formula is C15H28N4S. The minimum Gasteiger partial charge on any atom is -0.343 e. The molecule has 1 aromatic rings. The summed E-state index contributed by atoms with van der Waals surface area (Å²) >= 11 is 1.86. The van der Waals surface area contributed by atoms with Gasteiger partial charge in [-0.2, -0.15) is 0 Å². The second-order valence-electron chi connectivity index (χ2n) is 6.33. The number of likely N-dealkylation sites (N-methyl/N-ethyl adjacent to an activating group) is 1. The summed E-state index contributed by atoms with van der Waals surface area (Å²) < 4.78 is 0. The molecule has 20 heavy (non-hydrogen) atoms. The van der Waals surface area contributed by atoms with Crippen LogP contribution in [0.2, 0.25) is 0 Å². The van der Waals surface area contributed by atoms with Crippen LogP contribution in [0.5, 0.6) is 0 Å². The summed E-state index contributed by atoms with van der Waals surface area (Å²) in [6, 6.07) is 0.552. The zero-order valence-electron chi connectivity index (χ0n) is 13.4. The van der Waals surface area contributed by atoms with Crippen molar-refractivity contribution in [1.82, 2.24) is 15.2 Å². The summed E-state index contributed by atoms with van der Waals surface area (Å²) in [6.07, 6.45) is 0. The van der Waals surface area contributed by atoms with Gasteiger partial charge in [0.15, 0.2) is 5.13 Å². The molecule has 1 atom stereocenters. The fourth-order valence-electron chi connectivity index (χ4n) is 2.60. The molecule has 1 N–H and O–H groups in total. The predicted octanol–water partition coefficient (Wildman–Crippen LogP) is 2.34. The lowest BCUT2D eigenvalue weighted by Crippen LogP contribution is -2.50. The minimum atomic E-state index is 0.552. The van der Waals surface area contributed by atoms with Gasteiger partial charge in [-0.15, -0.1) is 11.3 Å². The molecule has 4 nitrogen and oxygen atoms in total. The van der Waals surface area contributed by atoms with Crippen LogP contribution in [0.15, 0.2) is 0 Å². The van der Waals surface area contributed by atoms with E-state index >= 15 is 0 Å². The van der Waals surface area contributed by atoms with Crippen molar-refractivity contribution in [3.8, 4) is 0 Å². The summed E-state index contributed by atoms with van der Waals surface area (Å²) in [6.45, 7) is 14.3. The Kier molecular flexibility index (Phi) is 5.41. The van der Waals surface area contributed by atoms with Crippen LogP contribution in [0, 0.1) is 12.8 Å². The Hall–Kier alpha value is -0.650. The average molecular weight is 296 g/mol. The predicted molar refractivity (Wildman–Crippen MR) is 87.7 cm³/mol. The highest BCUT2D eigenvalue weighted by Gasteiger charge is 2.24. The topological polar surface area (TPSA) is 31.4 Å². The number of rotatable bonds is 5. The highest BCUT2D eigenvalue weighted by atomic mass is 32.1. The van der Waals surface area contributed by atoms with E-state index in [0.29, 0.717) is 12.0 Å². The minimum absolute atomic E-state index is 0.552. The summed E-state index contributed by atoms with van der Waals surface area (Å²) in [4.78, 5) is 11.0. The quantitative estimate of drug-likeness (QED) is 0.904. The van der Waals surface area contributed by atoms with Crippen LogP contribution in [0.25, 0.3) is 0 Å². The maximum absolute atomic E-state index is 4.79. The van der Waals surface area contributed by atoms with E-state index < -0.39 is 0 Å². The van der Waals surface area contributed by atoms with Crippen molar-refractivity contribution < 1.29 is 0 Å². The number of piperazine rings is 1. The third kappa shape index (κ3) is 3.93. The van der Waals surface area contributed by atoms with Gasteiger partial charge in [-0.05, 0) is 33.4 Å². The number of thiazole rings is 1. The molecule has 0 aromatic carbocycles. The SMILES string of the molecule is Cc1nc(N2CCN(C)CC2C)sc1CNCC(C)C. The molecule has 1 aliphatic heterocycles. The molecule has 1 aromatic heterocycles. The van der Waals surface area contributed by atoms with E-state index in [1.165, 1.54) is 15.7 Å². The van der Waals surface area contributed by atoms with Gasteiger partial charge in [-0.25, -0.2) is 4.98 Å². The van der Waals surface area contributed by atoms with Gasteiger partial charge in [0.05, 0.1) is 5.69 Å². The molecule has 5 heteroatoms. The molecule has 2 rings (SSSR count). The van der Waals surface area contributed by atoms with E-state index in [2.05, 4.69) is 49.9 Å². The largest absolute Gasteiger partial charge is 0.343 e. The van der Waals surface area contributed by atoms with Crippen LogP contribution in [-0.4, -0.2) is 49.2 Å². The van der Waals surface area contributed by atoms with Crippen LogP contribution < -0.4 is 10.2 Å². The number of anilines is 1. The van der Waals surface area contributed by atoms with Crippen molar-refractivity contribution in [2.24, 2.45) is 5.92 Å². The first-order valence-corrected chi connectivity index (χ1v) is 8.41. The Labute approximate surface area is 127 Å². The van der Waals surface area contributed by atoms with Crippen molar-refractivity contribution in [2.75, 3.05) is 38.1 Å². The second kappa shape index (κ2) is 6.87. The third-order valence-corrected chi connectivity index (χ3v) is 4.99. The van der Waals surface area contributed by atoms with Crippen molar-refractivity contribution >= 4 is 16.5 Å². The highest BCUT2D eigenvalue weighted by Crippen LogP contribution is 2.28. The van der Waals surface area contributed by atoms with Crippen LogP contribution in [0.4, 0.5) is 5.13 Å². The van der Waals surface area contributed by atoms with Crippen molar-refractivity contribution in [3.63, 3.8) is 0 Å². The Balaban J connectivity index is 1.99. The maximum atomic E-state index is 4.79. The van der Waals surface area contributed by atoms with Gasteiger partial charge in [-0.3, -0.25) is 0 Å². The molecule has 1 saturated heterocycles. The molecule has 1 fully saturated rings.